The number of esters is 1. The molecule has 0 aliphatic carbocycles. The molecule has 0 heterocycles. The van der Waals surface area contributed by atoms with Crippen molar-refractivity contribution in [3.8, 4) is 0 Å². The van der Waals surface area contributed by atoms with Gasteiger partial charge in [0.1, 0.15) is 0 Å². The molecule has 1 N–H and O–H groups in total. The van der Waals surface area contributed by atoms with Crippen molar-refractivity contribution in [3.63, 3.8) is 0 Å². The van der Waals surface area contributed by atoms with Gasteiger partial charge in [0.25, 0.3) is 0 Å². The lowest BCUT2D eigenvalue weighted by molar-refractivity contribution is -0.163. The van der Waals surface area contributed by atoms with Crippen molar-refractivity contribution in [2.45, 2.75) is 6.42 Å². The standard InChI is InChI=1S/C18H14O4/c19-17(20)18(21)22-10-9-12-5-6-14-8-7-13-3-1-2-4-15(13)16(14)11-12/h1-8,11H,9-10H2,(H,19,20). The van der Waals surface area contributed by atoms with Gasteiger partial charge in [0.15, 0.2) is 0 Å². The summed E-state index contributed by atoms with van der Waals surface area (Å²) >= 11 is 0. The highest BCUT2D eigenvalue weighted by molar-refractivity contribution is 6.28. The second-order valence-corrected chi connectivity index (χ2v) is 5.03. The van der Waals surface area contributed by atoms with Crippen LogP contribution in [-0.2, 0) is 20.7 Å². The molecule has 0 fully saturated rings. The number of hydrogen-bond donors (Lipinski definition) is 1. The summed E-state index contributed by atoms with van der Waals surface area (Å²) in [4.78, 5) is 21.3. The molecule has 0 bridgehead atoms. The Kier molecular flexibility index (Phi) is 3.74. The number of ether oxygens (including phenoxy) is 1. The molecule has 0 saturated heterocycles. The van der Waals surface area contributed by atoms with Crippen LogP contribution >= 0.6 is 0 Å². The average molecular weight is 294 g/mol. The van der Waals surface area contributed by atoms with Crippen molar-refractivity contribution in [2.24, 2.45) is 0 Å². The van der Waals surface area contributed by atoms with E-state index in [0.717, 1.165) is 16.3 Å². The zero-order valence-corrected chi connectivity index (χ0v) is 11.8. The van der Waals surface area contributed by atoms with E-state index in [-0.39, 0.29) is 6.61 Å². The quantitative estimate of drug-likeness (QED) is 0.458. The second kappa shape index (κ2) is 5.85. The minimum atomic E-state index is -1.57. The van der Waals surface area contributed by atoms with Crippen molar-refractivity contribution < 1.29 is 19.4 Å². The van der Waals surface area contributed by atoms with Crippen molar-refractivity contribution in [1.82, 2.24) is 0 Å². The Hall–Kier alpha value is -2.88. The summed E-state index contributed by atoms with van der Waals surface area (Å²) < 4.78 is 4.67. The van der Waals surface area contributed by atoms with E-state index in [1.807, 2.05) is 24.3 Å². The van der Waals surface area contributed by atoms with Crippen LogP contribution in [0.2, 0.25) is 0 Å². The van der Waals surface area contributed by atoms with Crippen LogP contribution in [0.5, 0.6) is 0 Å². The minimum Gasteiger partial charge on any atom is -0.473 e. The Balaban J connectivity index is 1.87. The van der Waals surface area contributed by atoms with Gasteiger partial charge >= 0.3 is 11.9 Å². The van der Waals surface area contributed by atoms with Crippen molar-refractivity contribution in [2.75, 3.05) is 6.61 Å². The normalized spacial score (nSPS) is 10.7. The summed E-state index contributed by atoms with van der Waals surface area (Å²) in [6, 6.07) is 18.4. The summed E-state index contributed by atoms with van der Waals surface area (Å²) in [6.45, 7) is 0.0570. The zero-order chi connectivity index (χ0) is 15.5. The van der Waals surface area contributed by atoms with Crippen LogP contribution in [0.15, 0.2) is 54.6 Å². The van der Waals surface area contributed by atoms with Gasteiger partial charge in [0.2, 0.25) is 0 Å². The van der Waals surface area contributed by atoms with Gasteiger partial charge in [-0.2, -0.15) is 0 Å². The molecule has 0 spiro atoms. The summed E-state index contributed by atoms with van der Waals surface area (Å²) in [5.74, 6) is -2.78. The molecule has 0 amide bonds. The van der Waals surface area contributed by atoms with Crippen molar-refractivity contribution >= 4 is 33.5 Å². The highest BCUT2D eigenvalue weighted by atomic mass is 16.6. The maximum Gasteiger partial charge on any atom is 0.417 e. The number of carboxylic acids is 1. The van der Waals surface area contributed by atoms with E-state index in [1.165, 1.54) is 10.8 Å². The number of hydrogen-bond acceptors (Lipinski definition) is 3. The lowest BCUT2D eigenvalue weighted by Crippen LogP contribution is -2.17. The smallest absolute Gasteiger partial charge is 0.417 e. The third-order valence-electron chi connectivity index (χ3n) is 3.61. The molecule has 4 nitrogen and oxygen atoms in total. The first-order valence-corrected chi connectivity index (χ1v) is 6.95. The third-order valence-corrected chi connectivity index (χ3v) is 3.61. The predicted octanol–water partition coefficient (Wildman–Crippen LogP) is 3.16. The molecule has 0 unspecified atom stereocenters. The summed E-state index contributed by atoms with van der Waals surface area (Å²) in [6.07, 6.45) is 0.484. The number of carboxylic acid groups (broad SMARTS) is 1. The summed E-state index contributed by atoms with van der Waals surface area (Å²) in [5, 5.41) is 13.1. The topological polar surface area (TPSA) is 63.6 Å². The van der Waals surface area contributed by atoms with Gasteiger partial charge < -0.3 is 9.84 Å². The lowest BCUT2D eigenvalue weighted by atomic mass is 9.99. The molecule has 0 atom stereocenters. The van der Waals surface area contributed by atoms with E-state index >= 15 is 0 Å². The fourth-order valence-corrected chi connectivity index (χ4v) is 2.53. The van der Waals surface area contributed by atoms with Crippen LogP contribution in [-0.4, -0.2) is 23.7 Å². The van der Waals surface area contributed by atoms with Gasteiger partial charge in [-0.1, -0.05) is 54.6 Å². The number of carbonyl (C=O) groups excluding carboxylic acids is 1. The molecule has 0 radical (unpaired) electrons. The highest BCUT2D eigenvalue weighted by Crippen LogP contribution is 2.26. The molecule has 3 aromatic rings. The first kappa shape index (κ1) is 14.1. The maximum atomic E-state index is 10.9. The molecule has 0 aromatic heterocycles. The van der Waals surface area contributed by atoms with E-state index in [1.54, 1.807) is 0 Å². The van der Waals surface area contributed by atoms with E-state index < -0.39 is 11.9 Å². The molecule has 3 rings (SSSR count). The number of rotatable bonds is 3. The zero-order valence-electron chi connectivity index (χ0n) is 11.8. The Labute approximate surface area is 126 Å². The Morgan fingerprint density at radius 1 is 0.909 bits per heavy atom. The van der Waals surface area contributed by atoms with E-state index in [2.05, 4.69) is 35.1 Å². The van der Waals surface area contributed by atoms with Gasteiger partial charge in [-0.05, 0) is 27.1 Å². The van der Waals surface area contributed by atoms with Crippen LogP contribution in [0.25, 0.3) is 21.5 Å². The van der Waals surface area contributed by atoms with Gasteiger partial charge in [-0.25, -0.2) is 9.59 Å². The Morgan fingerprint density at radius 2 is 1.59 bits per heavy atom. The van der Waals surface area contributed by atoms with Crippen LogP contribution in [0.1, 0.15) is 5.56 Å². The van der Waals surface area contributed by atoms with E-state index in [0.29, 0.717) is 6.42 Å². The first-order chi connectivity index (χ1) is 10.6. The van der Waals surface area contributed by atoms with Gasteiger partial charge in [-0.3, -0.25) is 0 Å². The Morgan fingerprint density at radius 3 is 2.36 bits per heavy atom. The second-order valence-electron chi connectivity index (χ2n) is 5.03. The average Bonchev–Trinajstić information content (AvgIpc) is 2.54. The third kappa shape index (κ3) is 2.76. The van der Waals surface area contributed by atoms with E-state index in [9.17, 15) is 9.59 Å². The van der Waals surface area contributed by atoms with Gasteiger partial charge in [0.05, 0.1) is 6.61 Å². The molecule has 0 saturated carbocycles. The molecule has 0 aliphatic heterocycles. The van der Waals surface area contributed by atoms with Gasteiger partial charge in [0, 0.05) is 6.42 Å². The van der Waals surface area contributed by atoms with Crippen LogP contribution in [0, 0.1) is 0 Å². The number of benzene rings is 3. The molecule has 4 heteroatoms. The predicted molar refractivity (Wildman–Crippen MR) is 83.8 cm³/mol. The summed E-state index contributed by atoms with van der Waals surface area (Å²) in [5.41, 5.74) is 1.00. The van der Waals surface area contributed by atoms with Gasteiger partial charge in [-0.15, -0.1) is 0 Å². The van der Waals surface area contributed by atoms with Crippen molar-refractivity contribution in [1.29, 1.82) is 0 Å². The van der Waals surface area contributed by atoms with Crippen molar-refractivity contribution in [3.05, 3.63) is 60.2 Å². The fraction of sp³-hybridized carbons (Fsp3) is 0.111. The monoisotopic (exact) mass is 294 g/mol. The minimum absolute atomic E-state index is 0.0570. The number of carbonyl (C=O) groups is 2. The molecular formula is C18H14O4. The molecule has 110 valence electrons. The molecule has 22 heavy (non-hydrogen) atoms. The molecule has 0 aliphatic rings. The lowest BCUT2D eigenvalue weighted by Gasteiger charge is -2.07. The van der Waals surface area contributed by atoms with Crippen LogP contribution in [0.3, 0.4) is 0 Å². The van der Waals surface area contributed by atoms with Crippen LogP contribution in [0.4, 0.5) is 0 Å². The summed E-state index contributed by atoms with van der Waals surface area (Å²) in [7, 11) is 0. The fourth-order valence-electron chi connectivity index (χ4n) is 2.53. The molecular weight excluding hydrogens is 280 g/mol. The van der Waals surface area contributed by atoms with E-state index in [4.69, 9.17) is 5.11 Å². The maximum absolute atomic E-state index is 10.9. The van der Waals surface area contributed by atoms with Crippen LogP contribution < -0.4 is 0 Å². The number of fused-ring (bicyclic) bond motifs is 3. The SMILES string of the molecule is O=C(O)C(=O)OCCc1ccc2ccc3ccccc3c2c1. The Bertz CT molecular complexity index is 867. The number of aliphatic carboxylic acids is 1. The first-order valence-electron chi connectivity index (χ1n) is 6.95. The largest absolute Gasteiger partial charge is 0.473 e. The highest BCUT2D eigenvalue weighted by Gasteiger charge is 2.12. The molecule has 3 aromatic carbocycles.